The van der Waals surface area contributed by atoms with Crippen LogP contribution in [0.1, 0.15) is 15.9 Å². The summed E-state index contributed by atoms with van der Waals surface area (Å²) in [7, 11) is 0. The van der Waals surface area contributed by atoms with Gasteiger partial charge in [0.2, 0.25) is 0 Å². The molecule has 2 nitrogen and oxygen atoms in total. The number of halogens is 3. The second kappa shape index (κ2) is 5.72. The highest BCUT2D eigenvalue weighted by atomic mass is 79.9. The summed E-state index contributed by atoms with van der Waals surface area (Å²) in [6.45, 7) is 0. The average molecular weight is 343 g/mol. The summed E-state index contributed by atoms with van der Waals surface area (Å²) in [5.41, 5.74) is 7.21. The van der Waals surface area contributed by atoms with Crippen LogP contribution in [-0.4, -0.2) is 5.78 Å². The highest BCUT2D eigenvalue weighted by Crippen LogP contribution is 2.22. The molecule has 0 atom stereocenters. The fourth-order valence-electron chi connectivity index (χ4n) is 1.69. The third-order valence-electron chi connectivity index (χ3n) is 2.64. The molecule has 2 N–H and O–H groups in total. The van der Waals surface area contributed by atoms with Crippen LogP contribution in [0.5, 0.6) is 0 Å². The van der Waals surface area contributed by atoms with Crippen LogP contribution in [0.3, 0.4) is 0 Å². The topological polar surface area (TPSA) is 43.1 Å². The van der Waals surface area contributed by atoms with Gasteiger partial charge >= 0.3 is 0 Å². The molecule has 0 saturated heterocycles. The number of Topliss-reactive ketones (excluding diaryl/α,β-unsaturated/α-hetero) is 1. The number of rotatable bonds is 3. The van der Waals surface area contributed by atoms with E-state index < -0.39 is 0 Å². The minimum Gasteiger partial charge on any atom is -0.399 e. The third kappa shape index (κ3) is 3.33. The number of hydrogen-bond acceptors (Lipinski definition) is 2. The van der Waals surface area contributed by atoms with Gasteiger partial charge in [-0.1, -0.05) is 17.7 Å². The monoisotopic (exact) mass is 341 g/mol. The predicted molar refractivity (Wildman–Crippen MR) is 78.0 cm³/mol. The molecule has 0 spiro atoms. The maximum atomic E-state index is 13.1. The van der Waals surface area contributed by atoms with Crippen LogP contribution < -0.4 is 5.73 Å². The number of ketones is 1. The summed E-state index contributed by atoms with van der Waals surface area (Å²) >= 11 is 9.06. The minimum absolute atomic E-state index is 0.136. The Bertz CT molecular complexity index is 645. The molecule has 0 amide bonds. The zero-order chi connectivity index (χ0) is 14.0. The lowest BCUT2D eigenvalue weighted by Gasteiger charge is -2.05. The van der Waals surface area contributed by atoms with Crippen LogP contribution >= 0.6 is 27.5 Å². The second-order valence-corrected chi connectivity index (χ2v) is 5.35. The van der Waals surface area contributed by atoms with Gasteiger partial charge in [0.25, 0.3) is 0 Å². The van der Waals surface area contributed by atoms with Crippen LogP contribution in [0.2, 0.25) is 5.02 Å². The van der Waals surface area contributed by atoms with Crippen molar-refractivity contribution in [2.45, 2.75) is 6.42 Å². The Balaban J connectivity index is 2.23. The first kappa shape index (κ1) is 14.0. The molecule has 0 aliphatic rings. The van der Waals surface area contributed by atoms with E-state index in [-0.39, 0.29) is 18.0 Å². The summed E-state index contributed by atoms with van der Waals surface area (Å²) in [6, 6.07) is 9.23. The quantitative estimate of drug-likeness (QED) is 0.669. The van der Waals surface area contributed by atoms with E-state index in [0.717, 1.165) is 0 Å². The van der Waals surface area contributed by atoms with Gasteiger partial charge < -0.3 is 5.73 Å². The summed E-state index contributed by atoms with van der Waals surface area (Å²) < 4.78 is 13.4. The van der Waals surface area contributed by atoms with Crippen molar-refractivity contribution < 1.29 is 9.18 Å². The van der Waals surface area contributed by atoms with E-state index in [2.05, 4.69) is 15.9 Å². The molecule has 0 heterocycles. The van der Waals surface area contributed by atoms with Crippen LogP contribution in [0.4, 0.5) is 10.1 Å². The van der Waals surface area contributed by atoms with Gasteiger partial charge in [-0.3, -0.25) is 4.79 Å². The Labute approximate surface area is 123 Å². The van der Waals surface area contributed by atoms with E-state index in [1.807, 2.05) is 0 Å². The van der Waals surface area contributed by atoms with Crippen molar-refractivity contribution in [1.82, 2.24) is 0 Å². The van der Waals surface area contributed by atoms with E-state index in [4.69, 9.17) is 17.3 Å². The van der Waals surface area contributed by atoms with Crippen LogP contribution in [-0.2, 0) is 6.42 Å². The molecule has 19 heavy (non-hydrogen) atoms. The zero-order valence-electron chi connectivity index (χ0n) is 9.79. The molecule has 0 radical (unpaired) electrons. The Morgan fingerprint density at radius 3 is 2.63 bits per heavy atom. The van der Waals surface area contributed by atoms with Crippen molar-refractivity contribution in [3.8, 4) is 0 Å². The van der Waals surface area contributed by atoms with Gasteiger partial charge in [0.1, 0.15) is 5.82 Å². The molecule has 2 rings (SSSR count). The van der Waals surface area contributed by atoms with Crippen molar-refractivity contribution in [3.63, 3.8) is 0 Å². The molecule has 2 aromatic carbocycles. The van der Waals surface area contributed by atoms with Gasteiger partial charge in [-0.05, 0) is 51.8 Å². The first-order valence-corrected chi connectivity index (χ1v) is 6.66. The van der Waals surface area contributed by atoms with Crippen LogP contribution in [0, 0.1) is 5.82 Å². The summed E-state index contributed by atoms with van der Waals surface area (Å²) in [4.78, 5) is 12.1. The highest BCUT2D eigenvalue weighted by Gasteiger charge is 2.12. The minimum atomic E-state index is -0.360. The Hall–Kier alpha value is -1.39. The molecular weight excluding hydrogens is 333 g/mol. The number of hydrogen-bond donors (Lipinski definition) is 1. The molecule has 0 unspecified atom stereocenters. The first-order valence-electron chi connectivity index (χ1n) is 5.49. The largest absolute Gasteiger partial charge is 0.399 e. The number of nitrogen functional groups attached to an aromatic ring is 1. The van der Waals surface area contributed by atoms with Crippen molar-refractivity contribution >= 4 is 39.0 Å². The average Bonchev–Trinajstić information content (AvgIpc) is 2.33. The normalized spacial score (nSPS) is 10.5. The molecule has 0 fully saturated rings. The summed E-state index contributed by atoms with van der Waals surface area (Å²) in [5, 5.41) is 0.325. The summed E-state index contributed by atoms with van der Waals surface area (Å²) in [5.74, 6) is -0.495. The highest BCUT2D eigenvalue weighted by molar-refractivity contribution is 9.10. The third-order valence-corrected chi connectivity index (χ3v) is 3.56. The lowest BCUT2D eigenvalue weighted by molar-refractivity contribution is 0.0993. The maximum Gasteiger partial charge on any atom is 0.168 e. The second-order valence-electron chi connectivity index (χ2n) is 4.09. The van der Waals surface area contributed by atoms with E-state index in [1.54, 1.807) is 24.3 Å². The number of anilines is 1. The van der Waals surface area contributed by atoms with Crippen LogP contribution in [0.25, 0.3) is 0 Å². The zero-order valence-corrected chi connectivity index (χ0v) is 12.1. The van der Waals surface area contributed by atoms with Crippen LogP contribution in [0.15, 0.2) is 40.9 Å². The van der Waals surface area contributed by atoms with Gasteiger partial charge in [-0.25, -0.2) is 4.39 Å². The predicted octanol–water partition coefficient (Wildman–Crippen LogP) is 4.25. The molecule has 0 aromatic heterocycles. The fraction of sp³-hybridized carbons (Fsp3) is 0.0714. The fourth-order valence-corrected chi connectivity index (χ4v) is 2.41. The molecular formula is C14H10BrClFNO. The Kier molecular flexibility index (Phi) is 4.22. The van der Waals surface area contributed by atoms with Crippen molar-refractivity contribution in [1.29, 1.82) is 0 Å². The number of carbonyl (C=O) groups is 1. The van der Waals surface area contributed by atoms with Gasteiger partial charge in [-0.15, -0.1) is 0 Å². The number of benzene rings is 2. The SMILES string of the molecule is Nc1ccc(C(=O)Cc2ccc(F)c(Br)c2)c(Cl)c1. The molecule has 0 bridgehead atoms. The van der Waals surface area contributed by atoms with E-state index in [9.17, 15) is 9.18 Å². The standard InChI is InChI=1S/C14H10BrClFNO/c15-11-5-8(1-4-13(11)17)6-14(19)10-3-2-9(18)7-12(10)16/h1-5,7H,6,18H2. The first-order chi connectivity index (χ1) is 8.97. The van der Waals surface area contributed by atoms with Gasteiger partial charge in [0, 0.05) is 17.7 Å². The number of carbonyl (C=O) groups excluding carboxylic acids is 1. The number of nitrogens with two attached hydrogens (primary N) is 1. The van der Waals surface area contributed by atoms with Crippen molar-refractivity contribution in [2.24, 2.45) is 0 Å². The molecule has 0 aliphatic heterocycles. The lowest BCUT2D eigenvalue weighted by Crippen LogP contribution is -2.05. The Morgan fingerprint density at radius 2 is 2.00 bits per heavy atom. The smallest absolute Gasteiger partial charge is 0.168 e. The molecule has 98 valence electrons. The van der Waals surface area contributed by atoms with Gasteiger partial charge in [0.05, 0.1) is 9.50 Å². The van der Waals surface area contributed by atoms with Gasteiger partial charge in [0.15, 0.2) is 5.78 Å². The van der Waals surface area contributed by atoms with E-state index in [1.165, 1.54) is 12.1 Å². The van der Waals surface area contributed by atoms with Crippen molar-refractivity contribution in [2.75, 3.05) is 5.73 Å². The maximum absolute atomic E-state index is 13.1. The van der Waals surface area contributed by atoms with Gasteiger partial charge in [-0.2, -0.15) is 0 Å². The molecule has 0 saturated carbocycles. The van der Waals surface area contributed by atoms with E-state index >= 15 is 0 Å². The van der Waals surface area contributed by atoms with E-state index in [0.29, 0.717) is 26.3 Å². The Morgan fingerprint density at radius 1 is 1.26 bits per heavy atom. The molecule has 0 aliphatic carbocycles. The summed E-state index contributed by atoms with van der Waals surface area (Å²) in [6.07, 6.45) is 0.155. The molecule has 2 aromatic rings. The lowest BCUT2D eigenvalue weighted by atomic mass is 10.0. The molecule has 5 heteroatoms. The van der Waals surface area contributed by atoms with Crippen molar-refractivity contribution in [3.05, 3.63) is 62.8 Å².